The summed E-state index contributed by atoms with van der Waals surface area (Å²) in [7, 11) is -3.46. The van der Waals surface area contributed by atoms with Crippen LogP contribution in [-0.4, -0.2) is 31.0 Å². The monoisotopic (exact) mass is 315 g/mol. The smallest absolute Gasteiger partial charge is 0.423 e. The predicted molar refractivity (Wildman–Crippen MR) is 80.0 cm³/mol. The van der Waals surface area contributed by atoms with Gasteiger partial charge in [0, 0.05) is 7.05 Å². The average molecular weight is 315 g/mol. The standard InChI is InChI=1S/C14H21NO5S/c1-9(2)11-7-6-8-12(10(3)4)13(11)20-21(18,19)15(5)14(16)17/h6-10H,1-5H3,(H,16,17). The Kier molecular flexibility index (Phi) is 5.22. The molecule has 1 aromatic rings. The van der Waals surface area contributed by atoms with Gasteiger partial charge in [0.25, 0.3) is 0 Å². The molecule has 0 saturated carbocycles. The van der Waals surface area contributed by atoms with Crippen LogP contribution in [0.3, 0.4) is 0 Å². The van der Waals surface area contributed by atoms with Crippen LogP contribution in [0.25, 0.3) is 0 Å². The fourth-order valence-corrected chi connectivity index (χ4v) is 2.54. The van der Waals surface area contributed by atoms with E-state index in [4.69, 9.17) is 9.29 Å². The minimum absolute atomic E-state index is 0.0454. The van der Waals surface area contributed by atoms with Gasteiger partial charge in [-0.05, 0) is 23.0 Å². The summed E-state index contributed by atoms with van der Waals surface area (Å²) in [4.78, 5) is 10.8. The van der Waals surface area contributed by atoms with E-state index in [-0.39, 0.29) is 21.9 Å². The van der Waals surface area contributed by atoms with E-state index in [9.17, 15) is 13.2 Å². The van der Waals surface area contributed by atoms with E-state index in [1.807, 2.05) is 33.8 Å². The number of benzene rings is 1. The molecule has 1 rings (SSSR count). The molecule has 0 saturated heterocycles. The van der Waals surface area contributed by atoms with E-state index in [0.29, 0.717) is 0 Å². The van der Waals surface area contributed by atoms with Gasteiger partial charge in [-0.1, -0.05) is 45.9 Å². The minimum atomic E-state index is -4.39. The Bertz CT molecular complexity index is 596. The molecule has 0 unspecified atom stereocenters. The Morgan fingerprint density at radius 3 is 1.90 bits per heavy atom. The lowest BCUT2D eigenvalue weighted by molar-refractivity contribution is 0.175. The van der Waals surface area contributed by atoms with Crippen LogP contribution in [0.15, 0.2) is 18.2 Å². The van der Waals surface area contributed by atoms with Crippen molar-refractivity contribution >= 4 is 16.4 Å². The van der Waals surface area contributed by atoms with Crippen LogP contribution in [0.1, 0.15) is 50.7 Å². The van der Waals surface area contributed by atoms with Crippen LogP contribution in [0.5, 0.6) is 5.75 Å². The number of rotatable bonds is 5. The highest BCUT2D eigenvalue weighted by Gasteiger charge is 2.28. The molecule has 1 aromatic carbocycles. The summed E-state index contributed by atoms with van der Waals surface area (Å²) in [5.74, 6) is 0.309. The second-order valence-corrected chi connectivity index (χ2v) is 6.94. The van der Waals surface area contributed by atoms with Crippen molar-refractivity contribution in [3.8, 4) is 5.75 Å². The van der Waals surface area contributed by atoms with Crippen LogP contribution in [0.2, 0.25) is 0 Å². The summed E-state index contributed by atoms with van der Waals surface area (Å²) in [5, 5.41) is 8.82. The second kappa shape index (κ2) is 6.34. The van der Waals surface area contributed by atoms with Crippen LogP contribution in [0.4, 0.5) is 4.79 Å². The maximum atomic E-state index is 12.0. The lowest BCUT2D eigenvalue weighted by Gasteiger charge is -2.21. The van der Waals surface area contributed by atoms with E-state index in [1.165, 1.54) is 0 Å². The van der Waals surface area contributed by atoms with Crippen molar-refractivity contribution in [2.75, 3.05) is 7.05 Å². The van der Waals surface area contributed by atoms with Gasteiger partial charge in [0.2, 0.25) is 0 Å². The third-order valence-corrected chi connectivity index (χ3v) is 4.32. The van der Waals surface area contributed by atoms with Gasteiger partial charge in [-0.25, -0.2) is 4.79 Å². The summed E-state index contributed by atoms with van der Waals surface area (Å²) >= 11 is 0. The number of carboxylic acid groups (broad SMARTS) is 1. The summed E-state index contributed by atoms with van der Waals surface area (Å²) < 4.78 is 29.3. The summed E-state index contributed by atoms with van der Waals surface area (Å²) in [6.45, 7) is 7.67. The molecule has 1 amide bonds. The van der Waals surface area contributed by atoms with E-state index in [2.05, 4.69) is 0 Å². The molecule has 21 heavy (non-hydrogen) atoms. The summed E-state index contributed by atoms with van der Waals surface area (Å²) in [6.07, 6.45) is -1.59. The zero-order chi connectivity index (χ0) is 16.4. The topological polar surface area (TPSA) is 83.9 Å². The van der Waals surface area contributed by atoms with Crippen molar-refractivity contribution in [2.45, 2.75) is 39.5 Å². The first-order valence-corrected chi connectivity index (χ1v) is 7.98. The first-order chi connectivity index (χ1) is 9.58. The fraction of sp³-hybridized carbons (Fsp3) is 0.500. The van der Waals surface area contributed by atoms with Crippen molar-refractivity contribution in [3.63, 3.8) is 0 Å². The van der Waals surface area contributed by atoms with Crippen LogP contribution >= 0.6 is 0 Å². The molecule has 0 aliphatic carbocycles. The molecule has 0 spiro atoms. The zero-order valence-corrected chi connectivity index (χ0v) is 13.6. The van der Waals surface area contributed by atoms with E-state index in [1.54, 1.807) is 12.1 Å². The Hall–Kier alpha value is -1.76. The molecule has 0 heterocycles. The van der Waals surface area contributed by atoms with E-state index < -0.39 is 16.4 Å². The highest BCUT2D eigenvalue weighted by atomic mass is 32.2. The van der Waals surface area contributed by atoms with Crippen molar-refractivity contribution in [1.82, 2.24) is 4.31 Å². The highest BCUT2D eigenvalue weighted by Crippen LogP contribution is 2.35. The van der Waals surface area contributed by atoms with Gasteiger partial charge >= 0.3 is 16.4 Å². The summed E-state index contributed by atoms with van der Waals surface area (Å²) in [5.41, 5.74) is 1.45. The number of hydrogen-bond acceptors (Lipinski definition) is 4. The van der Waals surface area contributed by atoms with Gasteiger partial charge in [-0.3, -0.25) is 0 Å². The molecule has 0 aliphatic heterocycles. The third-order valence-electron chi connectivity index (χ3n) is 3.11. The van der Waals surface area contributed by atoms with Crippen molar-refractivity contribution < 1.29 is 22.5 Å². The summed E-state index contributed by atoms with van der Waals surface area (Å²) in [6, 6.07) is 5.40. The van der Waals surface area contributed by atoms with Gasteiger partial charge in [0.1, 0.15) is 0 Å². The van der Waals surface area contributed by atoms with Crippen LogP contribution < -0.4 is 4.18 Å². The first-order valence-electron chi connectivity index (χ1n) is 6.62. The lowest BCUT2D eigenvalue weighted by Crippen LogP contribution is -2.35. The largest absolute Gasteiger partial charge is 0.464 e. The fourth-order valence-electron chi connectivity index (χ4n) is 1.84. The van der Waals surface area contributed by atoms with Crippen molar-refractivity contribution in [2.24, 2.45) is 0 Å². The van der Waals surface area contributed by atoms with Crippen LogP contribution in [0, 0.1) is 0 Å². The molecule has 0 bridgehead atoms. The molecular weight excluding hydrogens is 294 g/mol. The molecule has 0 fully saturated rings. The minimum Gasteiger partial charge on any atom is -0.464 e. The Morgan fingerprint density at radius 1 is 1.14 bits per heavy atom. The number of carbonyl (C=O) groups is 1. The molecule has 0 atom stereocenters. The SMILES string of the molecule is CC(C)c1cccc(C(C)C)c1OS(=O)(=O)N(C)C(=O)O. The van der Waals surface area contributed by atoms with E-state index in [0.717, 1.165) is 18.2 Å². The molecule has 0 aromatic heterocycles. The van der Waals surface area contributed by atoms with Gasteiger partial charge in [0.05, 0.1) is 0 Å². The van der Waals surface area contributed by atoms with Crippen molar-refractivity contribution in [1.29, 1.82) is 0 Å². The Labute approximate surface area is 125 Å². The number of hydrogen-bond donors (Lipinski definition) is 1. The van der Waals surface area contributed by atoms with Crippen LogP contribution in [-0.2, 0) is 10.3 Å². The normalized spacial score (nSPS) is 11.8. The maximum absolute atomic E-state index is 12.0. The van der Waals surface area contributed by atoms with Gasteiger partial charge in [-0.2, -0.15) is 12.7 Å². The highest BCUT2D eigenvalue weighted by molar-refractivity contribution is 7.85. The van der Waals surface area contributed by atoms with Gasteiger partial charge in [0.15, 0.2) is 5.75 Å². The van der Waals surface area contributed by atoms with E-state index >= 15 is 0 Å². The number of nitrogens with zero attached hydrogens (tertiary/aromatic N) is 1. The predicted octanol–water partition coefficient (Wildman–Crippen LogP) is 3.17. The quantitative estimate of drug-likeness (QED) is 0.902. The number of amides is 1. The molecule has 0 radical (unpaired) electrons. The maximum Gasteiger partial charge on any atom is 0.423 e. The van der Waals surface area contributed by atoms with Gasteiger partial charge in [-0.15, -0.1) is 0 Å². The molecule has 0 aliphatic rings. The molecular formula is C14H21NO5S. The van der Waals surface area contributed by atoms with Gasteiger partial charge < -0.3 is 9.29 Å². The molecule has 118 valence electrons. The first kappa shape index (κ1) is 17.3. The third kappa shape index (κ3) is 3.87. The lowest BCUT2D eigenvalue weighted by atomic mass is 9.94. The average Bonchev–Trinajstić information content (AvgIpc) is 2.36. The molecule has 7 heteroatoms. The van der Waals surface area contributed by atoms with Crippen molar-refractivity contribution in [3.05, 3.63) is 29.3 Å². The second-order valence-electron chi connectivity index (χ2n) is 5.37. The Morgan fingerprint density at radius 2 is 1.57 bits per heavy atom. The number of para-hydroxylation sites is 1. The molecule has 6 nitrogen and oxygen atoms in total. The molecule has 1 N–H and O–H groups in total. The Balaban J connectivity index is 3.38. The zero-order valence-electron chi connectivity index (χ0n) is 12.8.